The number of ketones is 1. The van der Waals surface area contributed by atoms with Gasteiger partial charge in [0.2, 0.25) is 10.0 Å². The van der Waals surface area contributed by atoms with Crippen LogP contribution in [0.3, 0.4) is 0 Å². The number of fused-ring (bicyclic) bond motifs is 1. The number of sulfonamides is 1. The van der Waals surface area contributed by atoms with Crippen molar-refractivity contribution < 1.29 is 13.2 Å². The topological polar surface area (TPSA) is 103 Å². The van der Waals surface area contributed by atoms with Crippen LogP contribution in [0, 0.1) is 5.92 Å². The Morgan fingerprint density at radius 3 is 2.86 bits per heavy atom. The second-order valence-corrected chi connectivity index (χ2v) is 9.31. The van der Waals surface area contributed by atoms with Crippen LogP contribution in [0.2, 0.25) is 0 Å². The lowest BCUT2D eigenvalue weighted by atomic mass is 9.87. The maximum atomic E-state index is 12.8. The summed E-state index contributed by atoms with van der Waals surface area (Å²) in [4.78, 5) is 20.5. The fraction of sp³-hybridized carbons (Fsp3) is 0.333. The molecule has 0 amide bonds. The number of aromatic amines is 1. The van der Waals surface area contributed by atoms with Gasteiger partial charge in [0.1, 0.15) is 5.84 Å². The van der Waals surface area contributed by atoms with Crippen molar-refractivity contribution in [2.75, 3.05) is 18.1 Å². The van der Waals surface area contributed by atoms with E-state index < -0.39 is 10.0 Å². The molecule has 150 valence electrons. The minimum absolute atomic E-state index is 0.100. The van der Waals surface area contributed by atoms with Crippen molar-refractivity contribution >= 4 is 32.9 Å². The third kappa shape index (κ3) is 4.20. The SMILES string of the molecule is CC1CC(=O)c2c([nH]c(C3=CC(NS(C)(=O)=O)=NCC3)c2NC2=C=C=CC=C2)C1. The Bertz CT molecular complexity index is 1180. The molecule has 2 heterocycles. The number of H-pyrrole nitrogens is 1. The van der Waals surface area contributed by atoms with Crippen LogP contribution in [0.4, 0.5) is 5.69 Å². The fourth-order valence-electron chi connectivity index (χ4n) is 3.81. The Labute approximate surface area is 169 Å². The highest BCUT2D eigenvalue weighted by molar-refractivity contribution is 7.89. The number of anilines is 1. The fourth-order valence-corrected chi connectivity index (χ4v) is 4.31. The molecular formula is C21H22N4O3S. The number of aromatic nitrogens is 1. The number of Topliss-reactive ketones (excluding diaryl/α,β-unsaturated/α-hetero) is 1. The molecular weight excluding hydrogens is 388 g/mol. The molecule has 3 aliphatic rings. The molecule has 0 fully saturated rings. The van der Waals surface area contributed by atoms with Crippen molar-refractivity contribution in [1.29, 1.82) is 0 Å². The summed E-state index contributed by atoms with van der Waals surface area (Å²) in [6, 6.07) is 0. The molecule has 1 atom stereocenters. The molecule has 2 aliphatic carbocycles. The van der Waals surface area contributed by atoms with Crippen LogP contribution in [0.25, 0.3) is 5.57 Å². The molecule has 4 rings (SSSR count). The third-order valence-electron chi connectivity index (χ3n) is 4.94. The molecule has 0 spiro atoms. The van der Waals surface area contributed by atoms with Crippen molar-refractivity contribution in [1.82, 2.24) is 9.71 Å². The zero-order valence-electron chi connectivity index (χ0n) is 16.3. The van der Waals surface area contributed by atoms with Gasteiger partial charge < -0.3 is 10.3 Å². The normalized spacial score (nSPS) is 20.7. The van der Waals surface area contributed by atoms with E-state index >= 15 is 0 Å². The minimum atomic E-state index is -3.42. The maximum Gasteiger partial charge on any atom is 0.230 e. The highest BCUT2D eigenvalue weighted by atomic mass is 32.2. The summed E-state index contributed by atoms with van der Waals surface area (Å²) in [7, 11) is -3.42. The first-order valence-corrected chi connectivity index (χ1v) is 11.4. The van der Waals surface area contributed by atoms with Crippen molar-refractivity contribution in [3.05, 3.63) is 58.4 Å². The van der Waals surface area contributed by atoms with Crippen molar-refractivity contribution in [3.8, 4) is 0 Å². The van der Waals surface area contributed by atoms with Gasteiger partial charge in [-0.3, -0.25) is 14.5 Å². The van der Waals surface area contributed by atoms with E-state index in [2.05, 4.69) is 38.4 Å². The summed E-state index contributed by atoms with van der Waals surface area (Å²) in [5, 5.41) is 3.33. The lowest BCUT2D eigenvalue weighted by Gasteiger charge is -2.18. The Hall–Kier alpha value is -3.05. The lowest BCUT2D eigenvalue weighted by Crippen LogP contribution is -2.29. The van der Waals surface area contributed by atoms with Crippen LogP contribution in [-0.2, 0) is 16.4 Å². The van der Waals surface area contributed by atoms with Gasteiger partial charge >= 0.3 is 0 Å². The van der Waals surface area contributed by atoms with Crippen LogP contribution in [0.5, 0.6) is 0 Å². The van der Waals surface area contributed by atoms with E-state index in [0.29, 0.717) is 42.2 Å². The zero-order chi connectivity index (χ0) is 20.6. The van der Waals surface area contributed by atoms with E-state index in [1.54, 1.807) is 12.2 Å². The number of rotatable bonds is 4. The standard InChI is InChI=1S/C21H22N4O3S/c1-13-10-16-19(17(26)11-13)21(23-15-6-4-3-5-7-15)20(24-16)14-8-9-22-18(12-14)25-29(2,27)28/h3-4,6,12-13,23-24H,8-11H2,1-2H3,(H,22,25). The van der Waals surface area contributed by atoms with E-state index in [9.17, 15) is 13.2 Å². The molecule has 3 N–H and O–H groups in total. The van der Waals surface area contributed by atoms with Crippen LogP contribution in [0.1, 0.15) is 41.5 Å². The second kappa shape index (κ2) is 7.41. The number of hydrogen-bond acceptors (Lipinski definition) is 5. The van der Waals surface area contributed by atoms with Gasteiger partial charge in [-0.15, -0.1) is 0 Å². The summed E-state index contributed by atoms with van der Waals surface area (Å²) in [6.45, 7) is 2.53. The van der Waals surface area contributed by atoms with Crippen LogP contribution in [-0.4, -0.2) is 37.8 Å². The van der Waals surface area contributed by atoms with Gasteiger partial charge in [0.15, 0.2) is 5.78 Å². The number of hydrogen-bond donors (Lipinski definition) is 3. The molecule has 1 unspecified atom stereocenters. The third-order valence-corrected chi connectivity index (χ3v) is 5.52. The van der Waals surface area contributed by atoms with Gasteiger partial charge in [-0.05, 0) is 48.3 Å². The van der Waals surface area contributed by atoms with Crippen LogP contribution in [0.15, 0.2) is 46.5 Å². The predicted molar refractivity (Wildman–Crippen MR) is 113 cm³/mol. The monoisotopic (exact) mass is 410 g/mol. The van der Waals surface area contributed by atoms with Crippen molar-refractivity contribution in [2.24, 2.45) is 10.9 Å². The first-order valence-electron chi connectivity index (χ1n) is 9.47. The summed E-state index contributed by atoms with van der Waals surface area (Å²) in [6.07, 6.45) is 10.2. The smallest absolute Gasteiger partial charge is 0.230 e. The molecule has 7 nitrogen and oxygen atoms in total. The summed E-state index contributed by atoms with van der Waals surface area (Å²) in [5.41, 5.74) is 10.6. The Morgan fingerprint density at radius 2 is 2.14 bits per heavy atom. The number of aliphatic imine (C=N–C) groups is 1. The van der Waals surface area contributed by atoms with Crippen molar-refractivity contribution in [3.63, 3.8) is 0 Å². The Balaban J connectivity index is 1.81. The number of carbonyl (C=O) groups excluding carboxylic acids is 1. The molecule has 0 saturated heterocycles. The number of amidine groups is 1. The first-order chi connectivity index (χ1) is 13.8. The maximum absolute atomic E-state index is 12.8. The number of dihydropyridines is 1. The lowest BCUT2D eigenvalue weighted by molar-refractivity contribution is 0.0954. The van der Waals surface area contributed by atoms with Gasteiger partial charge in [0, 0.05) is 18.7 Å². The van der Waals surface area contributed by atoms with E-state index in [4.69, 9.17) is 0 Å². The van der Waals surface area contributed by atoms with E-state index in [1.807, 2.05) is 12.2 Å². The highest BCUT2D eigenvalue weighted by Crippen LogP contribution is 2.38. The molecule has 1 aliphatic heterocycles. The van der Waals surface area contributed by atoms with Crippen molar-refractivity contribution in [2.45, 2.75) is 26.2 Å². The molecule has 8 heteroatoms. The molecule has 1 aromatic rings. The summed E-state index contributed by atoms with van der Waals surface area (Å²) < 4.78 is 25.6. The summed E-state index contributed by atoms with van der Waals surface area (Å²) >= 11 is 0. The predicted octanol–water partition coefficient (Wildman–Crippen LogP) is 2.69. The average molecular weight is 410 g/mol. The number of carbonyl (C=O) groups is 1. The zero-order valence-corrected chi connectivity index (χ0v) is 17.1. The van der Waals surface area contributed by atoms with Gasteiger partial charge in [-0.2, -0.15) is 0 Å². The quantitative estimate of drug-likeness (QED) is 0.664. The van der Waals surface area contributed by atoms with Crippen LogP contribution < -0.4 is 10.0 Å². The Morgan fingerprint density at radius 1 is 1.31 bits per heavy atom. The highest BCUT2D eigenvalue weighted by Gasteiger charge is 2.31. The molecule has 0 aromatic carbocycles. The van der Waals surface area contributed by atoms with Gasteiger partial charge in [-0.1, -0.05) is 18.7 Å². The van der Waals surface area contributed by atoms with E-state index in [-0.39, 0.29) is 11.7 Å². The molecule has 0 radical (unpaired) electrons. The number of allylic oxidation sites excluding steroid dienone is 3. The summed E-state index contributed by atoms with van der Waals surface area (Å²) in [5.74, 6) is 0.671. The van der Waals surface area contributed by atoms with E-state index in [0.717, 1.165) is 29.6 Å². The molecule has 1 aromatic heterocycles. The minimum Gasteiger partial charge on any atom is -0.356 e. The number of nitrogens with one attached hydrogen (secondary N) is 3. The van der Waals surface area contributed by atoms with Gasteiger partial charge in [0.05, 0.1) is 28.9 Å². The van der Waals surface area contributed by atoms with Crippen LogP contribution >= 0.6 is 0 Å². The molecule has 0 bridgehead atoms. The Kier molecular flexibility index (Phi) is 4.92. The number of nitrogens with zero attached hydrogens (tertiary/aromatic N) is 1. The van der Waals surface area contributed by atoms with Gasteiger partial charge in [0.25, 0.3) is 0 Å². The largest absolute Gasteiger partial charge is 0.356 e. The van der Waals surface area contributed by atoms with Gasteiger partial charge in [-0.25, -0.2) is 8.42 Å². The second-order valence-electron chi connectivity index (χ2n) is 7.56. The average Bonchev–Trinajstić information content (AvgIpc) is 3.00. The first kappa shape index (κ1) is 19.3. The van der Waals surface area contributed by atoms with E-state index in [1.165, 1.54) is 0 Å². The molecule has 0 saturated carbocycles. The molecule has 29 heavy (non-hydrogen) atoms.